The Labute approximate surface area is 104 Å². The quantitative estimate of drug-likeness (QED) is 0.791. The molecule has 0 aliphatic rings. The predicted octanol–water partition coefficient (Wildman–Crippen LogP) is 2.24. The lowest BCUT2D eigenvalue weighted by molar-refractivity contribution is 0.0628. The molecule has 17 heavy (non-hydrogen) atoms. The third-order valence-electron chi connectivity index (χ3n) is 3.62. The van der Waals surface area contributed by atoms with Crippen LogP contribution >= 0.6 is 0 Å². The first-order chi connectivity index (χ1) is 7.66. The molecule has 96 valence electrons. The minimum Gasteiger partial charge on any atom is -0.338 e. The fraction of sp³-hybridized carbons (Fsp3) is 0.692. The van der Waals surface area contributed by atoms with Crippen molar-refractivity contribution in [3.63, 3.8) is 0 Å². The Morgan fingerprint density at radius 3 is 2.35 bits per heavy atom. The lowest BCUT2D eigenvalue weighted by atomic mass is 9.87. The highest BCUT2D eigenvalue weighted by atomic mass is 16.2. The van der Waals surface area contributed by atoms with Crippen molar-refractivity contribution in [1.29, 1.82) is 0 Å². The standard InChI is InChI=1S/C13H23N3O/c1-9-11(8-14-16(9)7)12(17)15(6)10(2)13(3,4)5/h8,10H,1-7H3/t10-/m1/s1. The zero-order valence-electron chi connectivity index (χ0n) is 11.9. The summed E-state index contributed by atoms with van der Waals surface area (Å²) in [5, 5.41) is 4.11. The van der Waals surface area contributed by atoms with E-state index in [1.54, 1.807) is 15.8 Å². The monoisotopic (exact) mass is 237 g/mol. The van der Waals surface area contributed by atoms with Gasteiger partial charge in [0.15, 0.2) is 0 Å². The van der Waals surface area contributed by atoms with E-state index < -0.39 is 0 Å². The van der Waals surface area contributed by atoms with Crippen LogP contribution in [0.4, 0.5) is 0 Å². The van der Waals surface area contributed by atoms with Crippen LogP contribution in [0.15, 0.2) is 6.20 Å². The average molecular weight is 237 g/mol. The zero-order valence-corrected chi connectivity index (χ0v) is 11.9. The third kappa shape index (κ3) is 2.68. The van der Waals surface area contributed by atoms with E-state index in [2.05, 4.69) is 32.8 Å². The van der Waals surface area contributed by atoms with Gasteiger partial charge in [0, 0.05) is 25.8 Å². The summed E-state index contributed by atoms with van der Waals surface area (Å²) in [5.74, 6) is 0.0398. The summed E-state index contributed by atoms with van der Waals surface area (Å²) < 4.78 is 1.73. The van der Waals surface area contributed by atoms with Gasteiger partial charge in [-0.1, -0.05) is 20.8 Å². The summed E-state index contributed by atoms with van der Waals surface area (Å²) in [5.41, 5.74) is 1.66. The Kier molecular flexibility index (Phi) is 3.65. The minimum absolute atomic E-state index is 0.0398. The average Bonchev–Trinajstić information content (AvgIpc) is 2.55. The summed E-state index contributed by atoms with van der Waals surface area (Å²) >= 11 is 0. The fourth-order valence-corrected chi connectivity index (χ4v) is 1.66. The Bertz CT molecular complexity index is 415. The molecular weight excluding hydrogens is 214 g/mol. The van der Waals surface area contributed by atoms with Gasteiger partial charge in [-0.2, -0.15) is 5.10 Å². The first-order valence-electron chi connectivity index (χ1n) is 5.92. The number of aromatic nitrogens is 2. The van der Waals surface area contributed by atoms with E-state index in [4.69, 9.17) is 0 Å². The van der Waals surface area contributed by atoms with Crippen LogP contribution < -0.4 is 0 Å². The van der Waals surface area contributed by atoms with Gasteiger partial charge in [0.1, 0.15) is 0 Å². The van der Waals surface area contributed by atoms with Crippen molar-refractivity contribution in [3.05, 3.63) is 17.5 Å². The van der Waals surface area contributed by atoms with E-state index in [0.717, 1.165) is 5.69 Å². The van der Waals surface area contributed by atoms with Gasteiger partial charge in [0.25, 0.3) is 5.91 Å². The molecule has 0 aliphatic heterocycles. The number of amides is 1. The van der Waals surface area contributed by atoms with Gasteiger partial charge >= 0.3 is 0 Å². The highest BCUT2D eigenvalue weighted by Crippen LogP contribution is 2.24. The highest BCUT2D eigenvalue weighted by molar-refractivity contribution is 5.95. The first-order valence-corrected chi connectivity index (χ1v) is 5.92. The van der Waals surface area contributed by atoms with Crippen LogP contribution in [0.25, 0.3) is 0 Å². The summed E-state index contributed by atoms with van der Waals surface area (Å²) in [6, 6.07) is 0.176. The van der Waals surface area contributed by atoms with Gasteiger partial charge in [-0.25, -0.2) is 0 Å². The molecule has 0 radical (unpaired) electrons. The molecule has 0 saturated heterocycles. The Hall–Kier alpha value is -1.32. The number of carbonyl (C=O) groups excluding carboxylic acids is 1. The second-order valence-corrected chi connectivity index (χ2v) is 5.73. The van der Waals surface area contributed by atoms with Crippen molar-refractivity contribution in [3.8, 4) is 0 Å². The number of carbonyl (C=O) groups is 1. The summed E-state index contributed by atoms with van der Waals surface area (Å²) in [4.78, 5) is 14.1. The maximum absolute atomic E-state index is 12.3. The number of hydrogen-bond acceptors (Lipinski definition) is 2. The van der Waals surface area contributed by atoms with E-state index in [9.17, 15) is 4.79 Å². The van der Waals surface area contributed by atoms with Gasteiger partial charge in [-0.05, 0) is 19.3 Å². The molecule has 4 nitrogen and oxygen atoms in total. The summed E-state index contributed by atoms with van der Waals surface area (Å²) in [6.45, 7) is 10.4. The van der Waals surface area contributed by atoms with Crippen molar-refractivity contribution in [2.24, 2.45) is 12.5 Å². The van der Waals surface area contributed by atoms with Crippen LogP contribution in [0.2, 0.25) is 0 Å². The number of aryl methyl sites for hydroxylation is 1. The van der Waals surface area contributed by atoms with Crippen molar-refractivity contribution < 1.29 is 4.79 Å². The molecule has 1 amide bonds. The van der Waals surface area contributed by atoms with Crippen LogP contribution in [0.3, 0.4) is 0 Å². The zero-order chi connectivity index (χ0) is 13.4. The van der Waals surface area contributed by atoms with Crippen LogP contribution in [-0.2, 0) is 7.05 Å². The Morgan fingerprint density at radius 1 is 1.47 bits per heavy atom. The van der Waals surface area contributed by atoms with Crippen molar-refractivity contribution in [1.82, 2.24) is 14.7 Å². The van der Waals surface area contributed by atoms with Gasteiger partial charge in [0.2, 0.25) is 0 Å². The second-order valence-electron chi connectivity index (χ2n) is 5.73. The van der Waals surface area contributed by atoms with Gasteiger partial charge in [0.05, 0.1) is 11.8 Å². The molecule has 1 atom stereocenters. The SMILES string of the molecule is Cc1c(C(=O)N(C)[C@H](C)C(C)(C)C)cnn1C. The fourth-order valence-electron chi connectivity index (χ4n) is 1.66. The molecule has 0 aromatic carbocycles. The predicted molar refractivity (Wildman–Crippen MR) is 69.0 cm³/mol. The molecule has 0 bridgehead atoms. The molecule has 0 unspecified atom stereocenters. The van der Waals surface area contributed by atoms with Crippen LogP contribution in [0.5, 0.6) is 0 Å². The molecular formula is C13H23N3O. The van der Waals surface area contributed by atoms with Crippen LogP contribution in [0, 0.1) is 12.3 Å². The molecule has 1 heterocycles. The smallest absolute Gasteiger partial charge is 0.257 e. The number of hydrogen-bond donors (Lipinski definition) is 0. The molecule has 0 spiro atoms. The van der Waals surface area contributed by atoms with E-state index in [1.165, 1.54) is 0 Å². The molecule has 0 saturated carbocycles. The Balaban J connectivity index is 2.95. The van der Waals surface area contributed by atoms with Gasteiger partial charge in [-0.15, -0.1) is 0 Å². The van der Waals surface area contributed by atoms with E-state index in [1.807, 2.05) is 21.0 Å². The van der Waals surface area contributed by atoms with Gasteiger partial charge in [-0.3, -0.25) is 9.48 Å². The molecule has 0 N–H and O–H groups in total. The Morgan fingerprint density at radius 2 is 2.00 bits per heavy atom. The topological polar surface area (TPSA) is 38.1 Å². The molecule has 0 aliphatic carbocycles. The second kappa shape index (κ2) is 4.51. The van der Waals surface area contributed by atoms with E-state index in [-0.39, 0.29) is 17.4 Å². The number of nitrogens with zero attached hydrogens (tertiary/aromatic N) is 3. The molecule has 1 aromatic heterocycles. The molecule has 0 fully saturated rings. The maximum atomic E-state index is 12.3. The molecule has 1 rings (SSSR count). The van der Waals surface area contributed by atoms with Gasteiger partial charge < -0.3 is 4.90 Å². The van der Waals surface area contributed by atoms with Crippen molar-refractivity contribution >= 4 is 5.91 Å². The summed E-state index contributed by atoms with van der Waals surface area (Å²) in [7, 11) is 3.70. The number of rotatable bonds is 2. The van der Waals surface area contributed by atoms with Crippen LogP contribution in [-0.4, -0.2) is 33.7 Å². The van der Waals surface area contributed by atoms with Crippen LogP contribution in [0.1, 0.15) is 43.7 Å². The van der Waals surface area contributed by atoms with E-state index in [0.29, 0.717) is 5.56 Å². The largest absolute Gasteiger partial charge is 0.338 e. The van der Waals surface area contributed by atoms with Crippen molar-refractivity contribution in [2.75, 3.05) is 7.05 Å². The maximum Gasteiger partial charge on any atom is 0.257 e. The lowest BCUT2D eigenvalue weighted by Crippen LogP contribution is -2.43. The summed E-state index contributed by atoms with van der Waals surface area (Å²) in [6.07, 6.45) is 1.64. The van der Waals surface area contributed by atoms with Crippen molar-refractivity contribution in [2.45, 2.75) is 40.7 Å². The lowest BCUT2D eigenvalue weighted by Gasteiger charge is -2.35. The molecule has 4 heteroatoms. The third-order valence-corrected chi connectivity index (χ3v) is 3.62. The van der Waals surface area contributed by atoms with E-state index >= 15 is 0 Å². The highest BCUT2D eigenvalue weighted by Gasteiger charge is 2.28. The molecule has 1 aromatic rings. The minimum atomic E-state index is 0.0398. The first kappa shape index (κ1) is 13.7. The normalized spacial score (nSPS) is 13.6.